The molecule has 0 saturated heterocycles. The lowest BCUT2D eigenvalue weighted by Crippen LogP contribution is -2.19. The summed E-state index contributed by atoms with van der Waals surface area (Å²) in [5.74, 6) is 0.483. The van der Waals surface area contributed by atoms with Crippen LogP contribution in [0.3, 0.4) is 0 Å². The highest BCUT2D eigenvalue weighted by molar-refractivity contribution is 5.08. The van der Waals surface area contributed by atoms with Gasteiger partial charge in [-0.3, -0.25) is 0 Å². The highest BCUT2D eigenvalue weighted by Gasteiger charge is 2.20. The van der Waals surface area contributed by atoms with Gasteiger partial charge in [0, 0.05) is 6.07 Å². The summed E-state index contributed by atoms with van der Waals surface area (Å²) in [7, 11) is 0. The average Bonchev–Trinajstić information content (AvgIpc) is 2.34. The minimum atomic E-state index is -2.60. The molecule has 0 aliphatic rings. The SMILES string of the molecule is Cc1cc(C(N)C(F)F)no1. The van der Waals surface area contributed by atoms with Crippen molar-refractivity contribution in [1.29, 1.82) is 0 Å². The molecule has 0 spiro atoms. The number of nitrogens with two attached hydrogens (primary N) is 1. The molecule has 1 aromatic heterocycles. The van der Waals surface area contributed by atoms with Crippen LogP contribution in [0.15, 0.2) is 10.6 Å². The van der Waals surface area contributed by atoms with E-state index in [-0.39, 0.29) is 5.69 Å². The van der Waals surface area contributed by atoms with Crippen molar-refractivity contribution < 1.29 is 13.3 Å². The van der Waals surface area contributed by atoms with Crippen LogP contribution in [0.4, 0.5) is 8.78 Å². The fourth-order valence-electron chi connectivity index (χ4n) is 0.672. The minimum absolute atomic E-state index is 0.0949. The Morgan fingerprint density at radius 1 is 1.64 bits per heavy atom. The molecule has 0 aliphatic heterocycles. The normalized spacial score (nSPS) is 13.9. The van der Waals surface area contributed by atoms with Gasteiger partial charge in [-0.05, 0) is 6.92 Å². The number of aryl methyl sites for hydroxylation is 1. The van der Waals surface area contributed by atoms with Crippen LogP contribution < -0.4 is 5.73 Å². The van der Waals surface area contributed by atoms with Gasteiger partial charge in [-0.1, -0.05) is 5.16 Å². The molecule has 0 radical (unpaired) electrons. The summed E-state index contributed by atoms with van der Waals surface area (Å²) in [6.45, 7) is 1.62. The standard InChI is InChI=1S/C6H8F2N2O/c1-3-2-4(10-11-3)5(9)6(7)8/h2,5-6H,9H2,1H3. The molecular formula is C6H8F2N2O. The smallest absolute Gasteiger partial charge is 0.259 e. The lowest BCUT2D eigenvalue weighted by Gasteiger charge is -2.03. The molecule has 5 heteroatoms. The van der Waals surface area contributed by atoms with E-state index < -0.39 is 12.5 Å². The Balaban J connectivity index is 2.76. The second kappa shape index (κ2) is 2.96. The molecule has 2 N–H and O–H groups in total. The third kappa shape index (κ3) is 1.74. The average molecular weight is 162 g/mol. The van der Waals surface area contributed by atoms with Crippen LogP contribution in [-0.2, 0) is 0 Å². The van der Waals surface area contributed by atoms with E-state index in [2.05, 4.69) is 9.68 Å². The van der Waals surface area contributed by atoms with Crippen LogP contribution in [-0.4, -0.2) is 11.6 Å². The molecule has 1 heterocycles. The van der Waals surface area contributed by atoms with Crippen molar-refractivity contribution in [3.63, 3.8) is 0 Å². The van der Waals surface area contributed by atoms with Gasteiger partial charge in [0.1, 0.15) is 17.5 Å². The second-order valence-corrected chi connectivity index (χ2v) is 2.22. The lowest BCUT2D eigenvalue weighted by molar-refractivity contribution is 0.113. The molecule has 1 rings (SSSR count). The van der Waals surface area contributed by atoms with Crippen LogP contribution >= 0.6 is 0 Å². The number of nitrogens with zero attached hydrogens (tertiary/aromatic N) is 1. The van der Waals surface area contributed by atoms with Crippen LogP contribution in [0.1, 0.15) is 17.5 Å². The zero-order valence-corrected chi connectivity index (χ0v) is 5.92. The first kappa shape index (κ1) is 8.13. The zero-order valence-electron chi connectivity index (χ0n) is 5.92. The highest BCUT2D eigenvalue weighted by atomic mass is 19.3. The molecule has 1 aromatic rings. The fraction of sp³-hybridized carbons (Fsp3) is 0.500. The van der Waals surface area contributed by atoms with Crippen LogP contribution in [0.5, 0.6) is 0 Å². The summed E-state index contributed by atoms with van der Waals surface area (Å²) < 4.78 is 28.4. The summed E-state index contributed by atoms with van der Waals surface area (Å²) in [5.41, 5.74) is 5.17. The van der Waals surface area contributed by atoms with Gasteiger partial charge in [0.25, 0.3) is 6.43 Å². The quantitative estimate of drug-likeness (QED) is 0.711. The number of hydrogen-bond donors (Lipinski definition) is 1. The maximum absolute atomic E-state index is 11.9. The third-order valence-electron chi connectivity index (χ3n) is 1.26. The van der Waals surface area contributed by atoms with Crippen molar-refractivity contribution in [3.8, 4) is 0 Å². The van der Waals surface area contributed by atoms with Gasteiger partial charge >= 0.3 is 0 Å². The summed E-state index contributed by atoms with van der Waals surface area (Å²) in [5, 5.41) is 3.36. The number of hydrogen-bond acceptors (Lipinski definition) is 3. The van der Waals surface area contributed by atoms with E-state index in [0.29, 0.717) is 5.76 Å². The van der Waals surface area contributed by atoms with Gasteiger partial charge < -0.3 is 10.3 Å². The van der Waals surface area contributed by atoms with Gasteiger partial charge in [0.15, 0.2) is 0 Å². The molecule has 0 fully saturated rings. The molecule has 62 valence electrons. The number of aromatic nitrogens is 1. The Bertz CT molecular complexity index is 236. The second-order valence-electron chi connectivity index (χ2n) is 2.22. The third-order valence-corrected chi connectivity index (χ3v) is 1.26. The maximum atomic E-state index is 11.9. The van der Waals surface area contributed by atoms with E-state index in [1.54, 1.807) is 6.92 Å². The van der Waals surface area contributed by atoms with Gasteiger partial charge in [-0.2, -0.15) is 0 Å². The summed E-state index contributed by atoms with van der Waals surface area (Å²) in [4.78, 5) is 0. The van der Waals surface area contributed by atoms with Crippen LogP contribution in [0, 0.1) is 6.92 Å². The Labute approximate surface area is 62.2 Å². The van der Waals surface area contributed by atoms with Gasteiger partial charge in [0.2, 0.25) is 0 Å². The van der Waals surface area contributed by atoms with Crippen LogP contribution in [0.2, 0.25) is 0 Å². The molecule has 0 amide bonds. The predicted molar refractivity (Wildman–Crippen MR) is 34.2 cm³/mol. The Hall–Kier alpha value is -0.970. The van der Waals surface area contributed by atoms with Crippen molar-refractivity contribution in [1.82, 2.24) is 5.16 Å². The summed E-state index contributed by atoms with van der Waals surface area (Å²) >= 11 is 0. The van der Waals surface area contributed by atoms with Gasteiger partial charge in [-0.25, -0.2) is 8.78 Å². The minimum Gasteiger partial charge on any atom is -0.361 e. The molecule has 11 heavy (non-hydrogen) atoms. The van der Waals surface area contributed by atoms with Crippen molar-refractivity contribution >= 4 is 0 Å². The van der Waals surface area contributed by atoms with E-state index >= 15 is 0 Å². The fourth-order valence-corrected chi connectivity index (χ4v) is 0.672. The number of rotatable bonds is 2. The first-order valence-electron chi connectivity index (χ1n) is 3.08. The summed E-state index contributed by atoms with van der Waals surface area (Å²) in [6, 6.07) is 0.0593. The van der Waals surface area contributed by atoms with E-state index in [1.165, 1.54) is 6.07 Å². The van der Waals surface area contributed by atoms with E-state index in [4.69, 9.17) is 5.73 Å². The molecule has 1 atom stereocenters. The summed E-state index contributed by atoms with van der Waals surface area (Å²) in [6.07, 6.45) is -2.60. The van der Waals surface area contributed by atoms with Crippen molar-refractivity contribution in [2.45, 2.75) is 19.4 Å². The van der Waals surface area contributed by atoms with Gasteiger partial charge in [0.05, 0.1) is 0 Å². The van der Waals surface area contributed by atoms with Crippen molar-refractivity contribution in [3.05, 3.63) is 17.5 Å². The van der Waals surface area contributed by atoms with Gasteiger partial charge in [-0.15, -0.1) is 0 Å². The maximum Gasteiger partial charge on any atom is 0.259 e. The van der Waals surface area contributed by atoms with E-state index in [0.717, 1.165) is 0 Å². The monoisotopic (exact) mass is 162 g/mol. The molecule has 0 bridgehead atoms. The Kier molecular flexibility index (Phi) is 2.19. The topological polar surface area (TPSA) is 52.0 Å². The number of alkyl halides is 2. The molecule has 3 nitrogen and oxygen atoms in total. The zero-order chi connectivity index (χ0) is 8.43. The first-order chi connectivity index (χ1) is 5.11. The Morgan fingerprint density at radius 2 is 2.27 bits per heavy atom. The Morgan fingerprint density at radius 3 is 2.64 bits per heavy atom. The molecule has 0 aliphatic carbocycles. The molecule has 0 saturated carbocycles. The first-order valence-corrected chi connectivity index (χ1v) is 3.08. The number of halogens is 2. The van der Waals surface area contributed by atoms with E-state index in [1.807, 2.05) is 0 Å². The van der Waals surface area contributed by atoms with Crippen molar-refractivity contribution in [2.24, 2.45) is 5.73 Å². The molecular weight excluding hydrogens is 154 g/mol. The molecule has 0 aromatic carbocycles. The molecule has 1 unspecified atom stereocenters. The van der Waals surface area contributed by atoms with Crippen molar-refractivity contribution in [2.75, 3.05) is 0 Å². The predicted octanol–water partition coefficient (Wildman–Crippen LogP) is 1.25. The largest absolute Gasteiger partial charge is 0.361 e. The van der Waals surface area contributed by atoms with Crippen LogP contribution in [0.25, 0.3) is 0 Å². The lowest BCUT2D eigenvalue weighted by atomic mass is 10.2. The van der Waals surface area contributed by atoms with E-state index in [9.17, 15) is 8.78 Å². The highest BCUT2D eigenvalue weighted by Crippen LogP contribution is 2.16.